The summed E-state index contributed by atoms with van der Waals surface area (Å²) >= 11 is 0. The van der Waals surface area contributed by atoms with E-state index >= 15 is 0 Å². The fraction of sp³-hybridized carbons (Fsp3) is 0.400. The van der Waals surface area contributed by atoms with Crippen LogP contribution >= 0.6 is 0 Å². The first-order valence-electron chi connectivity index (χ1n) is 13.5. The molecular weight excluding hydrogens is 510 g/mol. The van der Waals surface area contributed by atoms with Crippen LogP contribution in [-0.2, 0) is 16.6 Å². The zero-order chi connectivity index (χ0) is 27.7. The van der Waals surface area contributed by atoms with Crippen molar-refractivity contribution >= 4 is 33.3 Å². The summed E-state index contributed by atoms with van der Waals surface area (Å²) in [4.78, 5) is 20.7. The second kappa shape index (κ2) is 10.6. The Kier molecular flexibility index (Phi) is 7.39. The molecule has 2 aromatic carbocycles. The van der Waals surface area contributed by atoms with Crippen molar-refractivity contribution in [1.29, 1.82) is 0 Å². The van der Waals surface area contributed by atoms with Gasteiger partial charge in [-0.05, 0) is 87.8 Å². The number of carbonyl (C=O) groups excluding carboxylic acids is 1. The van der Waals surface area contributed by atoms with Crippen molar-refractivity contribution in [1.82, 2.24) is 9.71 Å². The zero-order valence-electron chi connectivity index (χ0n) is 22.8. The smallest absolute Gasteiger partial charge is 0.259 e. The molecule has 1 aromatic heterocycles. The molecule has 0 atom stereocenters. The summed E-state index contributed by atoms with van der Waals surface area (Å²) < 4.78 is 28.3. The van der Waals surface area contributed by atoms with Crippen molar-refractivity contribution in [3.63, 3.8) is 0 Å². The van der Waals surface area contributed by atoms with Crippen molar-refractivity contribution in [2.24, 2.45) is 5.41 Å². The molecule has 2 fully saturated rings. The summed E-state index contributed by atoms with van der Waals surface area (Å²) in [6, 6.07) is 20.0. The first-order valence-corrected chi connectivity index (χ1v) is 15.0. The number of sulfonamides is 1. The molecular formula is C30H37N5O3S. The lowest BCUT2D eigenvalue weighted by molar-refractivity contribution is 0.102. The highest BCUT2D eigenvalue weighted by Crippen LogP contribution is 2.54. The van der Waals surface area contributed by atoms with Gasteiger partial charge in [0.1, 0.15) is 11.6 Å². The van der Waals surface area contributed by atoms with Gasteiger partial charge in [0.25, 0.3) is 5.91 Å². The third-order valence-corrected chi connectivity index (χ3v) is 9.12. The van der Waals surface area contributed by atoms with E-state index in [1.807, 2.05) is 24.3 Å². The van der Waals surface area contributed by atoms with E-state index in [9.17, 15) is 13.2 Å². The number of benzene rings is 2. The molecule has 1 aliphatic carbocycles. The highest BCUT2D eigenvalue weighted by Gasteiger charge is 2.45. The Labute approximate surface area is 231 Å². The fourth-order valence-corrected chi connectivity index (χ4v) is 6.49. The van der Waals surface area contributed by atoms with Crippen molar-refractivity contribution in [2.75, 3.05) is 28.6 Å². The number of nitrogens with one attached hydrogen (secondary N) is 3. The lowest BCUT2D eigenvalue weighted by Gasteiger charge is -2.34. The van der Waals surface area contributed by atoms with Crippen LogP contribution in [0.15, 0.2) is 71.6 Å². The lowest BCUT2D eigenvalue weighted by atomic mass is 9.93. The molecule has 0 unspecified atom stereocenters. The van der Waals surface area contributed by atoms with Gasteiger partial charge in [-0.15, -0.1) is 0 Å². The second-order valence-corrected chi connectivity index (χ2v) is 13.4. The number of piperidine rings is 1. The van der Waals surface area contributed by atoms with Crippen molar-refractivity contribution in [3.8, 4) is 0 Å². The summed E-state index contributed by atoms with van der Waals surface area (Å²) in [5.41, 5.74) is 1.89. The molecule has 1 saturated heterocycles. The zero-order valence-corrected chi connectivity index (χ0v) is 23.6. The van der Waals surface area contributed by atoms with E-state index in [1.54, 1.807) is 39.0 Å². The molecule has 8 nitrogen and oxygen atoms in total. The Bertz CT molecular complexity index is 1440. The van der Waals surface area contributed by atoms with Gasteiger partial charge in [0, 0.05) is 30.9 Å². The van der Waals surface area contributed by atoms with E-state index in [-0.39, 0.29) is 10.8 Å². The summed E-state index contributed by atoms with van der Waals surface area (Å²) in [5.74, 6) is 1.04. The predicted octanol–water partition coefficient (Wildman–Crippen LogP) is 5.40. The van der Waals surface area contributed by atoms with E-state index in [4.69, 9.17) is 4.98 Å². The molecule has 2 aliphatic rings. The van der Waals surface area contributed by atoms with Gasteiger partial charge < -0.3 is 15.5 Å². The number of hydrogen-bond acceptors (Lipinski definition) is 6. The average Bonchev–Trinajstić information content (AvgIpc) is 3.66. The molecule has 9 heteroatoms. The van der Waals surface area contributed by atoms with Crippen LogP contribution in [-0.4, -0.2) is 37.9 Å². The largest absolute Gasteiger partial charge is 0.366 e. The van der Waals surface area contributed by atoms with Crippen LogP contribution in [0.25, 0.3) is 0 Å². The standard InChI is InChI=1S/C30H37N5O3S/c1-29(2,3)34-39(37,38)24-11-7-10-23(20-24)32-28(36)25-12-13-26(31-21-22-8-5-4-6-9-22)33-27(25)35-18-16-30(14-15-30)17-19-35/h4-13,20,34H,14-19,21H2,1-3H3,(H,31,33)(H,32,36). The van der Waals surface area contributed by atoms with Gasteiger partial charge in [-0.1, -0.05) is 36.4 Å². The molecule has 5 rings (SSSR count). The summed E-state index contributed by atoms with van der Waals surface area (Å²) in [7, 11) is -3.74. The molecule has 39 heavy (non-hydrogen) atoms. The fourth-order valence-electron chi connectivity index (χ4n) is 5.02. The quantitative estimate of drug-likeness (QED) is 0.349. The Hall–Kier alpha value is -3.43. The van der Waals surface area contributed by atoms with Crippen LogP contribution in [0, 0.1) is 5.41 Å². The number of anilines is 3. The predicted molar refractivity (Wildman–Crippen MR) is 156 cm³/mol. The average molecular weight is 548 g/mol. The van der Waals surface area contributed by atoms with Gasteiger partial charge in [0.2, 0.25) is 10.0 Å². The maximum atomic E-state index is 13.5. The maximum Gasteiger partial charge on any atom is 0.259 e. The van der Waals surface area contributed by atoms with E-state index < -0.39 is 15.6 Å². The minimum absolute atomic E-state index is 0.0970. The normalized spacial score (nSPS) is 16.6. The Morgan fingerprint density at radius 2 is 1.67 bits per heavy atom. The molecule has 1 spiro atoms. The number of amides is 1. The van der Waals surface area contributed by atoms with Crippen LogP contribution in [0.3, 0.4) is 0 Å². The molecule has 1 saturated carbocycles. The molecule has 0 bridgehead atoms. The molecule has 3 aromatic rings. The van der Waals surface area contributed by atoms with E-state index in [2.05, 4.69) is 32.4 Å². The van der Waals surface area contributed by atoms with Crippen LogP contribution in [0.5, 0.6) is 0 Å². The molecule has 206 valence electrons. The van der Waals surface area contributed by atoms with Gasteiger partial charge in [0.15, 0.2) is 0 Å². The highest BCUT2D eigenvalue weighted by molar-refractivity contribution is 7.89. The lowest BCUT2D eigenvalue weighted by Crippen LogP contribution is -2.40. The molecule has 0 radical (unpaired) electrons. The van der Waals surface area contributed by atoms with Crippen LogP contribution < -0.4 is 20.3 Å². The van der Waals surface area contributed by atoms with Gasteiger partial charge in [-0.2, -0.15) is 0 Å². The van der Waals surface area contributed by atoms with E-state index in [1.165, 1.54) is 25.0 Å². The van der Waals surface area contributed by atoms with Crippen molar-refractivity contribution in [2.45, 2.75) is 63.4 Å². The molecule has 1 amide bonds. The molecule has 1 aliphatic heterocycles. The minimum atomic E-state index is -3.74. The minimum Gasteiger partial charge on any atom is -0.366 e. The third kappa shape index (κ3) is 6.78. The molecule has 3 N–H and O–H groups in total. The Morgan fingerprint density at radius 1 is 0.949 bits per heavy atom. The van der Waals surface area contributed by atoms with E-state index in [0.29, 0.717) is 34.8 Å². The van der Waals surface area contributed by atoms with Gasteiger partial charge >= 0.3 is 0 Å². The number of rotatable bonds is 8. The topological polar surface area (TPSA) is 103 Å². The van der Waals surface area contributed by atoms with Crippen LogP contribution in [0.2, 0.25) is 0 Å². The maximum absolute atomic E-state index is 13.5. The monoisotopic (exact) mass is 547 g/mol. The first kappa shape index (κ1) is 27.1. The van der Waals surface area contributed by atoms with Crippen LogP contribution in [0.4, 0.5) is 17.3 Å². The first-order chi connectivity index (χ1) is 18.5. The highest BCUT2D eigenvalue weighted by atomic mass is 32.2. The van der Waals surface area contributed by atoms with Gasteiger partial charge in [-0.25, -0.2) is 18.1 Å². The molecule has 2 heterocycles. The van der Waals surface area contributed by atoms with Crippen molar-refractivity contribution < 1.29 is 13.2 Å². The Morgan fingerprint density at radius 3 is 2.33 bits per heavy atom. The number of nitrogens with zero attached hydrogens (tertiary/aromatic N) is 2. The van der Waals surface area contributed by atoms with Crippen LogP contribution in [0.1, 0.15) is 62.4 Å². The van der Waals surface area contributed by atoms with Crippen molar-refractivity contribution in [3.05, 3.63) is 77.9 Å². The summed E-state index contributed by atoms with van der Waals surface area (Å²) in [6.07, 6.45) is 4.81. The number of hydrogen-bond donors (Lipinski definition) is 3. The number of aromatic nitrogens is 1. The van der Waals surface area contributed by atoms with Gasteiger partial charge in [0.05, 0.1) is 10.5 Å². The SMILES string of the molecule is CC(C)(C)NS(=O)(=O)c1cccc(NC(=O)c2ccc(NCc3ccccc3)nc2N2CCC3(CC2)CC3)c1. The number of pyridine rings is 1. The Balaban J connectivity index is 1.38. The number of carbonyl (C=O) groups is 1. The summed E-state index contributed by atoms with van der Waals surface area (Å²) in [6.45, 7) is 7.72. The van der Waals surface area contributed by atoms with Gasteiger partial charge in [-0.3, -0.25) is 4.79 Å². The van der Waals surface area contributed by atoms with E-state index in [0.717, 1.165) is 31.5 Å². The second-order valence-electron chi connectivity index (χ2n) is 11.7. The third-order valence-electron chi connectivity index (χ3n) is 7.36. The summed E-state index contributed by atoms with van der Waals surface area (Å²) in [5, 5.41) is 6.29.